The van der Waals surface area contributed by atoms with Gasteiger partial charge in [-0.3, -0.25) is 4.79 Å². The van der Waals surface area contributed by atoms with Gasteiger partial charge in [-0.25, -0.2) is 0 Å². The minimum Gasteiger partial charge on any atom is -0.343 e. The fourth-order valence-corrected chi connectivity index (χ4v) is 1.86. The van der Waals surface area contributed by atoms with E-state index in [1.54, 1.807) is 0 Å². The Morgan fingerprint density at radius 1 is 1.25 bits per heavy atom. The van der Waals surface area contributed by atoms with Crippen molar-refractivity contribution < 1.29 is 4.79 Å². The van der Waals surface area contributed by atoms with E-state index in [9.17, 15) is 4.79 Å². The highest BCUT2D eigenvalue weighted by Gasteiger charge is 2.24. The van der Waals surface area contributed by atoms with Gasteiger partial charge in [-0.1, -0.05) is 12.8 Å². The van der Waals surface area contributed by atoms with Gasteiger partial charge in [0.15, 0.2) is 0 Å². The minimum atomic E-state index is 0.402. The van der Waals surface area contributed by atoms with Crippen LogP contribution in [-0.4, -0.2) is 23.9 Å². The molecule has 0 spiro atoms. The number of rotatable bonds is 3. The average molecular weight is 167 g/mol. The molecule has 1 saturated heterocycles. The van der Waals surface area contributed by atoms with E-state index < -0.39 is 0 Å². The largest absolute Gasteiger partial charge is 0.343 e. The van der Waals surface area contributed by atoms with Crippen LogP contribution in [0.1, 0.15) is 38.5 Å². The summed E-state index contributed by atoms with van der Waals surface area (Å²) < 4.78 is 0. The molecule has 1 heterocycles. The monoisotopic (exact) mass is 167 g/mol. The van der Waals surface area contributed by atoms with Crippen molar-refractivity contribution >= 4 is 5.91 Å². The van der Waals surface area contributed by atoms with Crippen molar-refractivity contribution in [3.8, 4) is 0 Å². The van der Waals surface area contributed by atoms with Gasteiger partial charge in [0.05, 0.1) is 0 Å². The van der Waals surface area contributed by atoms with Crippen LogP contribution in [0.5, 0.6) is 0 Å². The number of amides is 1. The summed E-state index contributed by atoms with van der Waals surface area (Å²) in [6.07, 6.45) is 7.13. The van der Waals surface area contributed by atoms with Crippen molar-refractivity contribution in [2.75, 3.05) is 13.1 Å². The molecule has 68 valence electrons. The Hall–Kier alpha value is -0.530. The predicted molar refractivity (Wildman–Crippen MR) is 47.8 cm³/mol. The first-order valence-electron chi connectivity index (χ1n) is 5.14. The first-order chi connectivity index (χ1) is 5.86. The smallest absolute Gasteiger partial charge is 0.222 e. The van der Waals surface area contributed by atoms with Gasteiger partial charge in [0, 0.05) is 19.5 Å². The van der Waals surface area contributed by atoms with Gasteiger partial charge in [0.2, 0.25) is 5.91 Å². The van der Waals surface area contributed by atoms with Crippen molar-refractivity contribution in [2.45, 2.75) is 38.5 Å². The highest BCUT2D eigenvalue weighted by atomic mass is 16.2. The topological polar surface area (TPSA) is 20.3 Å². The van der Waals surface area contributed by atoms with Crippen LogP contribution in [0.3, 0.4) is 0 Å². The SMILES string of the molecule is O=C(CCC1CC1)N1CCCC1. The summed E-state index contributed by atoms with van der Waals surface area (Å²) in [5.41, 5.74) is 0. The highest BCUT2D eigenvalue weighted by Crippen LogP contribution is 2.33. The van der Waals surface area contributed by atoms with E-state index in [2.05, 4.69) is 0 Å². The lowest BCUT2D eigenvalue weighted by molar-refractivity contribution is -0.130. The van der Waals surface area contributed by atoms with Gasteiger partial charge >= 0.3 is 0 Å². The maximum absolute atomic E-state index is 11.5. The fraction of sp³-hybridized carbons (Fsp3) is 0.900. The second-order valence-corrected chi connectivity index (χ2v) is 4.07. The van der Waals surface area contributed by atoms with E-state index in [-0.39, 0.29) is 0 Å². The summed E-state index contributed by atoms with van der Waals surface area (Å²) in [7, 11) is 0. The molecule has 0 radical (unpaired) electrons. The Kier molecular flexibility index (Phi) is 2.33. The molecule has 2 fully saturated rings. The second kappa shape index (κ2) is 3.46. The van der Waals surface area contributed by atoms with Crippen LogP contribution >= 0.6 is 0 Å². The van der Waals surface area contributed by atoms with Crippen molar-refractivity contribution in [2.24, 2.45) is 5.92 Å². The molecule has 2 heteroatoms. The van der Waals surface area contributed by atoms with Crippen LogP contribution in [0.4, 0.5) is 0 Å². The lowest BCUT2D eigenvalue weighted by atomic mass is 10.2. The molecule has 12 heavy (non-hydrogen) atoms. The highest BCUT2D eigenvalue weighted by molar-refractivity contribution is 5.76. The maximum atomic E-state index is 11.5. The molecule has 1 aliphatic carbocycles. The zero-order valence-electron chi connectivity index (χ0n) is 7.59. The Bertz CT molecular complexity index is 169. The molecule has 0 aromatic rings. The van der Waals surface area contributed by atoms with Gasteiger partial charge < -0.3 is 4.90 Å². The molecule has 1 saturated carbocycles. The predicted octanol–water partition coefficient (Wildman–Crippen LogP) is 1.80. The summed E-state index contributed by atoms with van der Waals surface area (Å²) in [5, 5.41) is 0. The van der Waals surface area contributed by atoms with Gasteiger partial charge in [-0.15, -0.1) is 0 Å². The molecule has 1 aliphatic heterocycles. The van der Waals surface area contributed by atoms with Crippen molar-refractivity contribution in [1.82, 2.24) is 4.90 Å². The lowest BCUT2D eigenvalue weighted by Crippen LogP contribution is -2.27. The minimum absolute atomic E-state index is 0.402. The third-order valence-electron chi connectivity index (χ3n) is 2.92. The van der Waals surface area contributed by atoms with E-state index >= 15 is 0 Å². The van der Waals surface area contributed by atoms with Crippen molar-refractivity contribution in [3.05, 3.63) is 0 Å². The first-order valence-corrected chi connectivity index (χ1v) is 5.14. The molecule has 2 nitrogen and oxygen atoms in total. The molecular formula is C10H17NO. The zero-order valence-corrected chi connectivity index (χ0v) is 7.59. The third-order valence-corrected chi connectivity index (χ3v) is 2.92. The number of nitrogens with zero attached hydrogens (tertiary/aromatic N) is 1. The molecular weight excluding hydrogens is 150 g/mol. The van der Waals surface area contributed by atoms with Crippen LogP contribution in [0.25, 0.3) is 0 Å². The van der Waals surface area contributed by atoms with E-state index in [1.165, 1.54) is 25.7 Å². The second-order valence-electron chi connectivity index (χ2n) is 4.07. The first kappa shape index (κ1) is 8.09. The fourth-order valence-electron chi connectivity index (χ4n) is 1.86. The van der Waals surface area contributed by atoms with Crippen LogP contribution in [0.2, 0.25) is 0 Å². The zero-order chi connectivity index (χ0) is 8.39. The quantitative estimate of drug-likeness (QED) is 0.627. The molecule has 0 aromatic heterocycles. The number of carbonyl (C=O) groups is 1. The van der Waals surface area contributed by atoms with Crippen LogP contribution in [-0.2, 0) is 4.79 Å². The number of hydrogen-bond donors (Lipinski definition) is 0. The van der Waals surface area contributed by atoms with Crippen molar-refractivity contribution in [1.29, 1.82) is 0 Å². The molecule has 0 unspecified atom stereocenters. The van der Waals surface area contributed by atoms with Gasteiger partial charge in [-0.2, -0.15) is 0 Å². The number of hydrogen-bond acceptors (Lipinski definition) is 1. The summed E-state index contributed by atoms with van der Waals surface area (Å²) in [6.45, 7) is 2.03. The van der Waals surface area contributed by atoms with E-state index in [0.29, 0.717) is 5.91 Å². The summed E-state index contributed by atoms with van der Waals surface area (Å²) in [6, 6.07) is 0. The Labute approximate surface area is 73.9 Å². The number of likely N-dealkylation sites (tertiary alicyclic amines) is 1. The molecule has 2 rings (SSSR count). The Balaban J connectivity index is 1.67. The maximum Gasteiger partial charge on any atom is 0.222 e. The van der Waals surface area contributed by atoms with Gasteiger partial charge in [0.25, 0.3) is 0 Å². The van der Waals surface area contributed by atoms with Crippen molar-refractivity contribution in [3.63, 3.8) is 0 Å². The molecule has 0 atom stereocenters. The normalized spacial score (nSPS) is 23.2. The average Bonchev–Trinajstić information content (AvgIpc) is 2.74. The van der Waals surface area contributed by atoms with Crippen LogP contribution in [0.15, 0.2) is 0 Å². The van der Waals surface area contributed by atoms with E-state index in [0.717, 1.165) is 31.8 Å². The summed E-state index contributed by atoms with van der Waals surface area (Å²) in [5.74, 6) is 1.30. The third kappa shape index (κ3) is 1.99. The molecule has 0 bridgehead atoms. The van der Waals surface area contributed by atoms with Gasteiger partial charge in [0.1, 0.15) is 0 Å². The standard InChI is InChI=1S/C10H17NO/c12-10(6-5-9-3-4-9)11-7-1-2-8-11/h9H,1-8H2. The number of carbonyl (C=O) groups excluding carboxylic acids is 1. The lowest BCUT2D eigenvalue weighted by Gasteiger charge is -2.14. The summed E-state index contributed by atoms with van der Waals surface area (Å²) >= 11 is 0. The molecule has 1 amide bonds. The molecule has 0 N–H and O–H groups in total. The van der Waals surface area contributed by atoms with Gasteiger partial charge in [-0.05, 0) is 25.2 Å². The summed E-state index contributed by atoms with van der Waals surface area (Å²) in [4.78, 5) is 13.5. The Morgan fingerprint density at radius 3 is 2.50 bits per heavy atom. The Morgan fingerprint density at radius 2 is 1.92 bits per heavy atom. The van der Waals surface area contributed by atoms with E-state index in [1.807, 2.05) is 4.90 Å². The van der Waals surface area contributed by atoms with Crippen LogP contribution in [0, 0.1) is 5.92 Å². The molecule has 2 aliphatic rings. The van der Waals surface area contributed by atoms with E-state index in [4.69, 9.17) is 0 Å². The van der Waals surface area contributed by atoms with Crippen LogP contribution < -0.4 is 0 Å². The molecule has 0 aromatic carbocycles.